The third-order valence-electron chi connectivity index (χ3n) is 4.74. The third-order valence-corrected chi connectivity index (χ3v) is 4.74. The van der Waals surface area contributed by atoms with Crippen LogP contribution >= 0.6 is 0 Å². The number of unbranched alkanes of at least 4 members (excludes halogenated alkanes) is 9. The monoisotopic (exact) mass is 340 g/mol. The lowest BCUT2D eigenvalue weighted by atomic mass is 10.0. The molecule has 0 aliphatic rings. The molecule has 0 amide bonds. The van der Waals surface area contributed by atoms with Crippen molar-refractivity contribution in [2.75, 3.05) is 6.54 Å². The van der Waals surface area contributed by atoms with Crippen LogP contribution in [0, 0.1) is 5.92 Å². The lowest BCUT2D eigenvalue weighted by Crippen LogP contribution is -2.37. The predicted octanol–water partition coefficient (Wildman–Crippen LogP) is 5.57. The zero-order chi connectivity index (χ0) is 18.0. The van der Waals surface area contributed by atoms with E-state index in [4.69, 9.17) is 5.73 Å². The van der Waals surface area contributed by atoms with Crippen molar-refractivity contribution in [2.24, 2.45) is 11.7 Å². The molecular formula is C21H44N2O. The van der Waals surface area contributed by atoms with Crippen LogP contribution in [0.1, 0.15) is 111 Å². The van der Waals surface area contributed by atoms with E-state index in [0.29, 0.717) is 12.2 Å². The van der Waals surface area contributed by atoms with E-state index in [2.05, 4.69) is 19.2 Å². The van der Waals surface area contributed by atoms with E-state index in [1.807, 2.05) is 6.92 Å². The summed E-state index contributed by atoms with van der Waals surface area (Å²) in [6, 6.07) is 0. The number of rotatable bonds is 18. The van der Waals surface area contributed by atoms with Gasteiger partial charge in [-0.3, -0.25) is 4.79 Å². The first kappa shape index (κ1) is 23.6. The van der Waals surface area contributed by atoms with Crippen molar-refractivity contribution in [3.8, 4) is 0 Å². The molecule has 0 aromatic rings. The van der Waals surface area contributed by atoms with Crippen molar-refractivity contribution < 1.29 is 4.79 Å². The van der Waals surface area contributed by atoms with Gasteiger partial charge in [0.1, 0.15) is 5.78 Å². The molecule has 3 N–H and O–H groups in total. The zero-order valence-corrected chi connectivity index (χ0v) is 16.7. The average molecular weight is 341 g/mol. The second-order valence-corrected chi connectivity index (χ2v) is 7.73. The number of nitrogens with one attached hydrogen (secondary N) is 1. The third kappa shape index (κ3) is 17.9. The van der Waals surface area contributed by atoms with Crippen LogP contribution in [-0.2, 0) is 4.79 Å². The van der Waals surface area contributed by atoms with E-state index in [0.717, 1.165) is 31.7 Å². The van der Waals surface area contributed by atoms with Gasteiger partial charge in [0.2, 0.25) is 0 Å². The molecule has 0 bridgehead atoms. The molecule has 0 aliphatic carbocycles. The zero-order valence-electron chi connectivity index (χ0n) is 16.7. The van der Waals surface area contributed by atoms with Crippen LogP contribution < -0.4 is 11.1 Å². The molecule has 0 fully saturated rings. The Kier molecular flexibility index (Phi) is 17.1. The van der Waals surface area contributed by atoms with Crippen molar-refractivity contribution in [3.05, 3.63) is 0 Å². The molecule has 0 heterocycles. The maximum Gasteiger partial charge on any atom is 0.134 e. The Morgan fingerprint density at radius 2 is 1.33 bits per heavy atom. The summed E-state index contributed by atoms with van der Waals surface area (Å²) in [7, 11) is 0. The maximum absolute atomic E-state index is 11.7. The van der Waals surface area contributed by atoms with Crippen molar-refractivity contribution in [2.45, 2.75) is 117 Å². The molecule has 1 unspecified atom stereocenters. The molecule has 0 spiro atoms. The highest BCUT2D eigenvalue weighted by Crippen LogP contribution is 2.13. The van der Waals surface area contributed by atoms with E-state index in [1.54, 1.807) is 0 Å². The van der Waals surface area contributed by atoms with Crippen molar-refractivity contribution in [1.82, 2.24) is 5.32 Å². The molecule has 24 heavy (non-hydrogen) atoms. The van der Waals surface area contributed by atoms with Gasteiger partial charge in [0, 0.05) is 19.4 Å². The Morgan fingerprint density at radius 3 is 1.83 bits per heavy atom. The van der Waals surface area contributed by atoms with Gasteiger partial charge >= 0.3 is 0 Å². The highest BCUT2D eigenvalue weighted by atomic mass is 16.1. The average Bonchev–Trinajstić information content (AvgIpc) is 2.55. The van der Waals surface area contributed by atoms with Crippen LogP contribution in [0.2, 0.25) is 0 Å². The van der Waals surface area contributed by atoms with E-state index in [9.17, 15) is 4.79 Å². The summed E-state index contributed by atoms with van der Waals surface area (Å²) in [5.41, 5.74) is 5.76. The minimum Gasteiger partial charge on any atom is -0.316 e. The van der Waals surface area contributed by atoms with Gasteiger partial charge in [0.05, 0.1) is 6.17 Å². The molecular weight excluding hydrogens is 296 g/mol. The number of nitrogens with two attached hydrogens (primary N) is 1. The number of ketones is 1. The fourth-order valence-corrected chi connectivity index (χ4v) is 2.96. The number of Topliss-reactive ketones (excluding diaryl/α,β-unsaturated/α-hetero) is 1. The topological polar surface area (TPSA) is 55.1 Å². The predicted molar refractivity (Wildman–Crippen MR) is 106 cm³/mol. The first-order valence-electron chi connectivity index (χ1n) is 10.6. The summed E-state index contributed by atoms with van der Waals surface area (Å²) in [4.78, 5) is 11.7. The van der Waals surface area contributed by atoms with E-state index >= 15 is 0 Å². The Morgan fingerprint density at radius 1 is 0.833 bits per heavy atom. The van der Waals surface area contributed by atoms with Gasteiger partial charge in [-0.25, -0.2) is 0 Å². The van der Waals surface area contributed by atoms with Gasteiger partial charge in [-0.1, -0.05) is 85.0 Å². The molecule has 0 aromatic heterocycles. The summed E-state index contributed by atoms with van der Waals surface area (Å²) in [5, 5.41) is 3.17. The van der Waals surface area contributed by atoms with E-state index < -0.39 is 0 Å². The molecule has 0 rings (SSSR count). The minimum atomic E-state index is 0.0352. The molecule has 0 saturated heterocycles. The summed E-state index contributed by atoms with van der Waals surface area (Å²) in [6.07, 6.45) is 17.0. The van der Waals surface area contributed by atoms with Gasteiger partial charge < -0.3 is 11.1 Å². The largest absolute Gasteiger partial charge is 0.316 e. The van der Waals surface area contributed by atoms with E-state index in [1.165, 1.54) is 64.2 Å². The molecule has 0 saturated carbocycles. The SMILES string of the molecule is CCC(N)NCCC(=O)CCCCCCCCCCCCC(C)C. The number of carbonyl (C=O) groups is 1. The number of hydrogen-bond donors (Lipinski definition) is 2. The summed E-state index contributed by atoms with van der Waals surface area (Å²) in [5.74, 6) is 1.24. The number of hydrogen-bond acceptors (Lipinski definition) is 3. The smallest absolute Gasteiger partial charge is 0.134 e. The summed E-state index contributed by atoms with van der Waals surface area (Å²) < 4.78 is 0. The Balaban J connectivity index is 3.18. The maximum atomic E-state index is 11.7. The van der Waals surface area contributed by atoms with Crippen LogP contribution in [0.5, 0.6) is 0 Å². The van der Waals surface area contributed by atoms with Crippen LogP contribution in [0.3, 0.4) is 0 Å². The van der Waals surface area contributed by atoms with Crippen LogP contribution in [-0.4, -0.2) is 18.5 Å². The normalized spacial score (nSPS) is 12.7. The Hall–Kier alpha value is -0.410. The molecule has 0 aromatic carbocycles. The van der Waals surface area contributed by atoms with E-state index in [-0.39, 0.29) is 6.17 Å². The number of carbonyl (C=O) groups excluding carboxylic acids is 1. The fourth-order valence-electron chi connectivity index (χ4n) is 2.96. The molecule has 0 aliphatic heterocycles. The molecule has 3 nitrogen and oxygen atoms in total. The Labute approximate surface area is 151 Å². The van der Waals surface area contributed by atoms with Crippen molar-refractivity contribution in [1.29, 1.82) is 0 Å². The van der Waals surface area contributed by atoms with Crippen molar-refractivity contribution in [3.63, 3.8) is 0 Å². The fraction of sp³-hybridized carbons (Fsp3) is 0.952. The highest BCUT2D eigenvalue weighted by molar-refractivity contribution is 5.78. The van der Waals surface area contributed by atoms with Gasteiger partial charge in [-0.05, 0) is 18.8 Å². The standard InChI is InChI=1S/C21H44N2O/c1-4-21(22)23-18-17-20(24)16-14-12-10-8-6-5-7-9-11-13-15-19(2)3/h19,21,23H,4-18,22H2,1-3H3. The highest BCUT2D eigenvalue weighted by Gasteiger charge is 2.03. The lowest BCUT2D eigenvalue weighted by Gasteiger charge is -2.10. The summed E-state index contributed by atoms with van der Waals surface area (Å²) >= 11 is 0. The van der Waals surface area contributed by atoms with Gasteiger partial charge in [0.15, 0.2) is 0 Å². The molecule has 0 radical (unpaired) electrons. The summed E-state index contributed by atoms with van der Waals surface area (Å²) in [6.45, 7) is 7.40. The Bertz CT molecular complexity index is 279. The first-order valence-corrected chi connectivity index (χ1v) is 10.6. The second-order valence-electron chi connectivity index (χ2n) is 7.73. The first-order chi connectivity index (χ1) is 11.6. The van der Waals surface area contributed by atoms with Crippen molar-refractivity contribution >= 4 is 5.78 Å². The molecule has 144 valence electrons. The van der Waals surface area contributed by atoms with Crippen LogP contribution in [0.4, 0.5) is 0 Å². The molecule has 1 atom stereocenters. The van der Waals surface area contributed by atoms with Gasteiger partial charge in [-0.15, -0.1) is 0 Å². The van der Waals surface area contributed by atoms with Crippen LogP contribution in [0.25, 0.3) is 0 Å². The minimum absolute atomic E-state index is 0.0352. The molecule has 3 heteroatoms. The van der Waals surface area contributed by atoms with Gasteiger partial charge in [-0.2, -0.15) is 0 Å². The van der Waals surface area contributed by atoms with Gasteiger partial charge in [0.25, 0.3) is 0 Å². The quantitative estimate of drug-likeness (QED) is 0.253. The second kappa shape index (κ2) is 17.4. The van der Waals surface area contributed by atoms with Crippen LogP contribution in [0.15, 0.2) is 0 Å². The lowest BCUT2D eigenvalue weighted by molar-refractivity contribution is -0.119.